The molecule has 0 fully saturated rings. The fourth-order valence-electron chi connectivity index (χ4n) is 10.2. The second kappa shape index (κ2) is 21.6. The smallest absolute Gasteiger partial charge is 0.260 e. The van der Waals surface area contributed by atoms with Crippen LogP contribution < -0.4 is 35.2 Å². The Morgan fingerprint density at radius 1 is 0.662 bits per heavy atom. The van der Waals surface area contributed by atoms with Crippen LogP contribution in [-0.2, 0) is 11.2 Å². The van der Waals surface area contributed by atoms with Crippen LogP contribution >= 0.6 is 0 Å². The van der Waals surface area contributed by atoms with E-state index in [0.29, 0.717) is 107 Å². The molecule has 0 aliphatic carbocycles. The number of hydrogen-bond acceptors (Lipinski definition) is 14. The lowest BCUT2D eigenvalue weighted by Gasteiger charge is -2.24. The summed E-state index contributed by atoms with van der Waals surface area (Å²) in [6.07, 6.45) is 13.5. The summed E-state index contributed by atoms with van der Waals surface area (Å²) in [7, 11) is 4.72. The summed E-state index contributed by atoms with van der Waals surface area (Å²) >= 11 is 0. The van der Waals surface area contributed by atoms with Crippen LogP contribution in [0.2, 0.25) is 0 Å². The standard InChI is InChI=1S/C42H39N5O7.C17H18N2O4/c1-50-32-11-7-26(8-12-32)28-16-31-22-45-36-20-40(38(52-3)18-34(36)42(49)47(31)24-28)54-14-4-13-53-39-19-35-33(17-37(39)51-2)41(48)46-23-27(15-30(46)21-44-35)25-5-9-29(43)10-6-25;1-9-2-4-11-12(16(9)22)7-14(20)13-6-10(3-5-15(18)21)8-19(13)17(11)23/h5-12,17-24,30-31H,4,13-16,43H2,1-3H3;2-5,8,13-14,20,22H,6-7H2,1H3,(H2,18,21)/b;5-3+/t30-,31-;13-,14+/m00/s1. The van der Waals surface area contributed by atoms with Crippen LogP contribution in [0.5, 0.6) is 34.5 Å². The van der Waals surface area contributed by atoms with Crippen LogP contribution in [0.4, 0.5) is 17.1 Å². The molecule has 11 rings (SSSR count). The number of nitrogen functional groups attached to an aromatic ring is 1. The number of aliphatic hydroxyl groups excluding tert-OH is 1. The second-order valence-electron chi connectivity index (χ2n) is 19.2. The number of anilines is 1. The number of aromatic hydroxyl groups is 1. The number of benzene rings is 5. The summed E-state index contributed by atoms with van der Waals surface area (Å²) in [4.78, 5) is 65.3. The topological polar surface area (TPSA) is 241 Å². The number of amides is 4. The molecule has 0 unspecified atom stereocenters. The number of allylic oxidation sites excluding steroid dienone is 1. The summed E-state index contributed by atoms with van der Waals surface area (Å²) in [6, 6.07) is 24.8. The molecular weight excluding hydrogens is 983 g/mol. The number of carbonyl (C=O) groups excluding carboxylic acids is 4. The van der Waals surface area contributed by atoms with Gasteiger partial charge in [-0.25, -0.2) is 0 Å². The van der Waals surface area contributed by atoms with Gasteiger partial charge in [-0.2, -0.15) is 0 Å². The van der Waals surface area contributed by atoms with E-state index in [1.165, 1.54) is 18.1 Å². The van der Waals surface area contributed by atoms with Crippen molar-refractivity contribution >= 4 is 64.3 Å². The molecule has 77 heavy (non-hydrogen) atoms. The third-order valence-electron chi connectivity index (χ3n) is 14.3. The van der Waals surface area contributed by atoms with Gasteiger partial charge in [-0.1, -0.05) is 36.4 Å². The molecule has 18 heteroatoms. The van der Waals surface area contributed by atoms with Crippen molar-refractivity contribution in [2.75, 3.05) is 40.3 Å². The van der Waals surface area contributed by atoms with E-state index < -0.39 is 18.1 Å². The normalized spacial score (nSPS) is 19.7. The van der Waals surface area contributed by atoms with Crippen LogP contribution in [0.15, 0.2) is 131 Å². The number of primary amides is 1. The molecule has 6 N–H and O–H groups in total. The Kier molecular flexibility index (Phi) is 14.4. The molecule has 6 aliphatic heterocycles. The minimum absolute atomic E-state index is 0.0638. The maximum atomic E-state index is 13.7. The van der Waals surface area contributed by atoms with Crippen molar-refractivity contribution in [1.29, 1.82) is 0 Å². The summed E-state index contributed by atoms with van der Waals surface area (Å²) < 4.78 is 28.8. The molecule has 0 bridgehead atoms. The van der Waals surface area contributed by atoms with Gasteiger partial charge in [0.25, 0.3) is 17.7 Å². The highest BCUT2D eigenvalue weighted by Gasteiger charge is 2.40. The van der Waals surface area contributed by atoms with Gasteiger partial charge in [0.05, 0.1) is 81.3 Å². The van der Waals surface area contributed by atoms with Crippen LogP contribution in [0.25, 0.3) is 11.1 Å². The van der Waals surface area contributed by atoms with E-state index in [4.69, 9.17) is 40.1 Å². The number of rotatable bonds is 13. The fourth-order valence-corrected chi connectivity index (χ4v) is 10.2. The van der Waals surface area contributed by atoms with Crippen molar-refractivity contribution < 1.29 is 53.1 Å². The van der Waals surface area contributed by atoms with Crippen molar-refractivity contribution in [2.45, 2.75) is 63.3 Å². The number of aryl methyl sites for hydroxylation is 1. The lowest BCUT2D eigenvalue weighted by atomic mass is 9.95. The lowest BCUT2D eigenvalue weighted by Crippen LogP contribution is -2.39. The first-order valence-electron chi connectivity index (χ1n) is 25.1. The van der Waals surface area contributed by atoms with Gasteiger partial charge in [0.15, 0.2) is 23.0 Å². The number of phenols is 1. The van der Waals surface area contributed by atoms with Crippen molar-refractivity contribution in [3.63, 3.8) is 0 Å². The summed E-state index contributed by atoms with van der Waals surface area (Å²) in [5.41, 5.74) is 20.0. The zero-order valence-corrected chi connectivity index (χ0v) is 42.8. The molecule has 6 aliphatic rings. The first-order chi connectivity index (χ1) is 37.2. The average Bonchev–Trinajstić information content (AvgIpc) is 4.17. The summed E-state index contributed by atoms with van der Waals surface area (Å²) in [5, 5.41) is 20.7. The molecule has 4 amide bonds. The number of aliphatic hydroxyl groups is 1. The predicted molar refractivity (Wildman–Crippen MR) is 290 cm³/mol. The lowest BCUT2D eigenvalue weighted by molar-refractivity contribution is -0.113. The molecule has 4 atom stereocenters. The number of hydrogen-bond donors (Lipinski definition) is 4. The first kappa shape index (κ1) is 51.3. The Morgan fingerprint density at radius 3 is 1.71 bits per heavy atom. The Morgan fingerprint density at radius 2 is 1.19 bits per heavy atom. The maximum Gasteiger partial charge on any atom is 0.260 e. The van der Waals surface area contributed by atoms with Gasteiger partial charge in [0, 0.05) is 91.7 Å². The minimum atomic E-state index is -0.802. The molecule has 5 aromatic rings. The highest BCUT2D eigenvalue weighted by atomic mass is 16.5. The number of nitrogens with zero attached hydrogens (tertiary/aromatic N) is 5. The third-order valence-corrected chi connectivity index (χ3v) is 14.3. The molecule has 0 saturated carbocycles. The number of nitrogens with two attached hydrogens (primary N) is 2. The minimum Gasteiger partial charge on any atom is -0.507 e. The predicted octanol–water partition coefficient (Wildman–Crippen LogP) is 7.84. The van der Waals surface area contributed by atoms with E-state index in [1.807, 2.05) is 67.1 Å². The first-order valence-corrected chi connectivity index (χ1v) is 25.1. The number of phenolic OH excluding ortho intramolecular Hbond substituents is 1. The zero-order valence-electron chi connectivity index (χ0n) is 42.8. The number of methoxy groups -OCH3 is 3. The highest BCUT2D eigenvalue weighted by Crippen LogP contribution is 2.43. The van der Waals surface area contributed by atoms with Crippen molar-refractivity contribution in [2.24, 2.45) is 15.7 Å². The zero-order chi connectivity index (χ0) is 54.1. The Balaban J connectivity index is 0.000000244. The number of carbonyl (C=O) groups is 4. The van der Waals surface area contributed by atoms with Gasteiger partial charge in [0.1, 0.15) is 11.5 Å². The second-order valence-corrected chi connectivity index (χ2v) is 19.2. The molecule has 0 radical (unpaired) electrons. The molecule has 5 aromatic carbocycles. The number of ether oxygens (including phenoxy) is 5. The maximum absolute atomic E-state index is 13.7. The summed E-state index contributed by atoms with van der Waals surface area (Å²) in [5.74, 6) is 1.50. The van der Waals surface area contributed by atoms with Crippen LogP contribution in [0.1, 0.15) is 79.0 Å². The largest absolute Gasteiger partial charge is 0.507 e. The highest BCUT2D eigenvalue weighted by molar-refractivity contribution is 6.07. The van der Waals surface area contributed by atoms with Gasteiger partial charge >= 0.3 is 0 Å². The Bertz CT molecular complexity index is 3380. The van der Waals surface area contributed by atoms with E-state index in [-0.39, 0.29) is 42.0 Å². The average molecular weight is 1040 g/mol. The van der Waals surface area contributed by atoms with Crippen molar-refractivity contribution in [3.8, 4) is 34.5 Å². The van der Waals surface area contributed by atoms with E-state index in [9.17, 15) is 29.4 Å². The molecule has 394 valence electrons. The third kappa shape index (κ3) is 10.3. The SMILES string of the molecule is COc1ccc(C2=CN3C(=O)c4cc(OC)c(OCCCOc5cc6c(cc5OC)C(=O)N5C=C(c7ccc(N)cc7)C[C@H]5C=N6)cc4N=C[C@@H]3C2)cc1.Cc1ccc2c(c1O)C[C@@H](O)[C@@H]1CC(/C=C/C(N)=O)=CN1C2=O. The van der Waals surface area contributed by atoms with Crippen molar-refractivity contribution in [3.05, 3.63) is 160 Å². The quantitative estimate of drug-likeness (QED) is 0.0501. The van der Waals surface area contributed by atoms with E-state index >= 15 is 0 Å². The Labute approximate surface area is 444 Å². The van der Waals surface area contributed by atoms with Crippen LogP contribution in [0.3, 0.4) is 0 Å². The molecular formula is C59H57N7O11. The molecule has 0 saturated heterocycles. The van der Waals surface area contributed by atoms with Gasteiger partial charge in [0.2, 0.25) is 5.91 Å². The van der Waals surface area contributed by atoms with Gasteiger partial charge in [-0.05, 0) is 89.2 Å². The fraction of sp³-hybridized carbons (Fsp3) is 0.254. The number of fused-ring (bicyclic) bond motifs is 6. The van der Waals surface area contributed by atoms with Crippen molar-refractivity contribution in [1.82, 2.24) is 14.7 Å². The van der Waals surface area contributed by atoms with Crippen LogP contribution in [0, 0.1) is 6.92 Å². The van der Waals surface area contributed by atoms with E-state index in [1.54, 1.807) is 85.8 Å². The molecule has 18 nitrogen and oxygen atoms in total. The molecule has 0 aromatic heterocycles. The number of aliphatic imine (C=N–C) groups is 2. The Hall–Kier alpha value is -9.16. The monoisotopic (exact) mass is 1040 g/mol. The van der Waals surface area contributed by atoms with Crippen LogP contribution in [-0.4, -0.2) is 120 Å². The van der Waals surface area contributed by atoms with Gasteiger partial charge < -0.3 is 60.1 Å². The molecule has 6 heterocycles. The van der Waals surface area contributed by atoms with E-state index in [2.05, 4.69) is 4.99 Å². The summed E-state index contributed by atoms with van der Waals surface area (Å²) in [6.45, 7) is 2.36. The van der Waals surface area contributed by atoms with Gasteiger partial charge in [-0.15, -0.1) is 0 Å². The molecule has 0 spiro atoms. The van der Waals surface area contributed by atoms with Gasteiger partial charge in [-0.3, -0.25) is 29.2 Å². The van der Waals surface area contributed by atoms with E-state index in [0.717, 1.165) is 33.6 Å².